The molecule has 1 aromatic heterocycles. The molecule has 112 valence electrons. The zero-order valence-corrected chi connectivity index (χ0v) is 12.1. The first-order chi connectivity index (χ1) is 10.2. The van der Waals surface area contributed by atoms with Crippen molar-refractivity contribution >= 4 is 16.8 Å². The highest BCUT2D eigenvalue weighted by Gasteiger charge is 2.34. The van der Waals surface area contributed by atoms with Crippen LogP contribution in [-0.2, 0) is 11.8 Å². The largest absolute Gasteiger partial charge is 0.394 e. The van der Waals surface area contributed by atoms with Gasteiger partial charge in [0.05, 0.1) is 17.7 Å². The van der Waals surface area contributed by atoms with Crippen molar-refractivity contribution in [2.24, 2.45) is 7.05 Å². The minimum atomic E-state index is -0.563. The van der Waals surface area contributed by atoms with Gasteiger partial charge in [0.1, 0.15) is 0 Å². The number of carbonyl (C=O) groups excluding carboxylic acids is 1. The number of para-hydroxylation sites is 1. The lowest BCUT2D eigenvalue weighted by Crippen LogP contribution is -2.54. The van der Waals surface area contributed by atoms with Crippen molar-refractivity contribution in [3.63, 3.8) is 0 Å². The zero-order chi connectivity index (χ0) is 14.9. The molecule has 1 aliphatic rings. The van der Waals surface area contributed by atoms with Crippen LogP contribution in [0, 0.1) is 0 Å². The molecule has 1 fully saturated rings. The summed E-state index contributed by atoms with van der Waals surface area (Å²) in [5.74, 6) is -0.136. The van der Waals surface area contributed by atoms with Gasteiger partial charge in [-0.15, -0.1) is 0 Å². The predicted octanol–water partition coefficient (Wildman–Crippen LogP) is 1.45. The van der Waals surface area contributed by atoms with Gasteiger partial charge in [-0.3, -0.25) is 4.79 Å². The molecular weight excluding hydrogens is 268 g/mol. The minimum absolute atomic E-state index is 0.0626. The van der Waals surface area contributed by atoms with Crippen LogP contribution in [0.4, 0.5) is 0 Å². The number of nitrogens with one attached hydrogen (secondary N) is 1. The molecule has 0 saturated carbocycles. The fourth-order valence-electron chi connectivity index (χ4n) is 2.92. The number of benzene rings is 1. The van der Waals surface area contributed by atoms with E-state index in [1.165, 1.54) is 0 Å². The van der Waals surface area contributed by atoms with E-state index < -0.39 is 5.54 Å². The maximum absolute atomic E-state index is 12.6. The number of carbonyl (C=O) groups is 1. The molecule has 0 aliphatic carbocycles. The van der Waals surface area contributed by atoms with Crippen LogP contribution in [0.1, 0.15) is 23.2 Å². The van der Waals surface area contributed by atoms with E-state index in [2.05, 4.69) is 5.32 Å². The van der Waals surface area contributed by atoms with Crippen LogP contribution >= 0.6 is 0 Å². The first-order valence-electron chi connectivity index (χ1n) is 7.20. The summed E-state index contributed by atoms with van der Waals surface area (Å²) in [5.41, 5.74) is 1.10. The van der Waals surface area contributed by atoms with E-state index >= 15 is 0 Å². The monoisotopic (exact) mass is 288 g/mol. The van der Waals surface area contributed by atoms with E-state index in [0.29, 0.717) is 31.6 Å². The molecule has 0 spiro atoms. The molecule has 3 rings (SSSR count). The number of fused-ring (bicyclic) bond motifs is 1. The van der Waals surface area contributed by atoms with Crippen LogP contribution in [0.25, 0.3) is 10.9 Å². The van der Waals surface area contributed by atoms with Gasteiger partial charge in [-0.2, -0.15) is 0 Å². The Kier molecular flexibility index (Phi) is 3.69. The molecule has 2 aromatic rings. The Morgan fingerprint density at radius 3 is 2.81 bits per heavy atom. The van der Waals surface area contributed by atoms with E-state index in [9.17, 15) is 9.90 Å². The highest BCUT2D eigenvalue weighted by atomic mass is 16.5. The van der Waals surface area contributed by atoms with Crippen LogP contribution in [0.5, 0.6) is 0 Å². The number of aliphatic hydroxyl groups is 1. The standard InChI is InChI=1S/C16H20N2O3/c1-18-10-13(12-4-2-3-5-14(12)18)15(20)17-16(11-19)6-8-21-9-7-16/h2-5,10,19H,6-9,11H2,1H3,(H,17,20). The highest BCUT2D eigenvalue weighted by Crippen LogP contribution is 2.24. The van der Waals surface area contributed by atoms with Crippen molar-refractivity contribution in [1.29, 1.82) is 0 Å². The second kappa shape index (κ2) is 5.50. The van der Waals surface area contributed by atoms with E-state index in [1.807, 2.05) is 42.1 Å². The molecule has 1 aliphatic heterocycles. The third-order valence-corrected chi connectivity index (χ3v) is 4.27. The molecule has 1 aromatic carbocycles. The molecule has 0 bridgehead atoms. The van der Waals surface area contributed by atoms with Crippen molar-refractivity contribution in [2.45, 2.75) is 18.4 Å². The first-order valence-corrected chi connectivity index (χ1v) is 7.20. The summed E-state index contributed by atoms with van der Waals surface area (Å²) in [6.07, 6.45) is 3.12. The van der Waals surface area contributed by atoms with E-state index in [-0.39, 0.29) is 12.5 Å². The number of hydrogen-bond donors (Lipinski definition) is 2. The number of rotatable bonds is 3. The van der Waals surface area contributed by atoms with Crippen LogP contribution in [0.2, 0.25) is 0 Å². The molecule has 0 radical (unpaired) electrons. The Hall–Kier alpha value is -1.85. The summed E-state index contributed by atoms with van der Waals surface area (Å²) in [6, 6.07) is 7.81. The van der Waals surface area contributed by atoms with Gasteiger partial charge in [0.15, 0.2) is 0 Å². The van der Waals surface area contributed by atoms with Crippen molar-refractivity contribution in [2.75, 3.05) is 19.8 Å². The number of aliphatic hydroxyl groups excluding tert-OH is 1. The average Bonchev–Trinajstić information content (AvgIpc) is 2.86. The molecule has 0 atom stereocenters. The zero-order valence-electron chi connectivity index (χ0n) is 12.1. The van der Waals surface area contributed by atoms with E-state index in [0.717, 1.165) is 10.9 Å². The van der Waals surface area contributed by atoms with Crippen molar-refractivity contribution < 1.29 is 14.6 Å². The van der Waals surface area contributed by atoms with Crippen molar-refractivity contribution in [1.82, 2.24) is 9.88 Å². The van der Waals surface area contributed by atoms with Gasteiger partial charge in [-0.25, -0.2) is 0 Å². The number of amides is 1. The topological polar surface area (TPSA) is 63.5 Å². The normalized spacial score (nSPS) is 17.8. The number of aryl methyl sites for hydroxylation is 1. The third kappa shape index (κ3) is 2.54. The summed E-state index contributed by atoms with van der Waals surface area (Å²) in [4.78, 5) is 12.6. The SMILES string of the molecule is Cn1cc(C(=O)NC2(CO)CCOCC2)c2ccccc21. The van der Waals surface area contributed by atoms with Gasteiger partial charge in [0.25, 0.3) is 5.91 Å². The Morgan fingerprint density at radius 2 is 2.10 bits per heavy atom. The van der Waals surface area contributed by atoms with Crippen LogP contribution < -0.4 is 5.32 Å². The Labute approximate surface area is 123 Å². The average molecular weight is 288 g/mol. The summed E-state index contributed by atoms with van der Waals surface area (Å²) in [7, 11) is 1.93. The number of aromatic nitrogens is 1. The van der Waals surface area contributed by atoms with Gasteiger partial charge < -0.3 is 19.7 Å². The lowest BCUT2D eigenvalue weighted by atomic mass is 9.90. The minimum Gasteiger partial charge on any atom is -0.394 e. The first kappa shape index (κ1) is 14.1. The molecule has 5 nitrogen and oxygen atoms in total. The second-order valence-electron chi connectivity index (χ2n) is 5.68. The lowest BCUT2D eigenvalue weighted by Gasteiger charge is -2.36. The Bertz CT molecular complexity index is 657. The van der Waals surface area contributed by atoms with Gasteiger partial charge in [0.2, 0.25) is 0 Å². The molecule has 0 unspecified atom stereocenters. The van der Waals surface area contributed by atoms with Gasteiger partial charge >= 0.3 is 0 Å². The second-order valence-corrected chi connectivity index (χ2v) is 5.68. The maximum Gasteiger partial charge on any atom is 0.253 e. The Morgan fingerprint density at radius 1 is 1.38 bits per heavy atom. The van der Waals surface area contributed by atoms with Crippen LogP contribution in [-0.4, -0.2) is 40.9 Å². The van der Waals surface area contributed by atoms with Crippen molar-refractivity contribution in [3.8, 4) is 0 Å². The van der Waals surface area contributed by atoms with E-state index in [1.54, 1.807) is 0 Å². The number of hydrogen-bond acceptors (Lipinski definition) is 3. The molecule has 2 N–H and O–H groups in total. The fraction of sp³-hybridized carbons (Fsp3) is 0.438. The molecule has 2 heterocycles. The number of ether oxygens (including phenoxy) is 1. The molecule has 21 heavy (non-hydrogen) atoms. The summed E-state index contributed by atoms with van der Waals surface area (Å²) in [5, 5.41) is 13.6. The summed E-state index contributed by atoms with van der Waals surface area (Å²) in [6.45, 7) is 1.07. The molecular formula is C16H20N2O3. The van der Waals surface area contributed by atoms with Crippen LogP contribution in [0.3, 0.4) is 0 Å². The summed E-state index contributed by atoms with van der Waals surface area (Å²) < 4.78 is 7.27. The fourth-order valence-corrected chi connectivity index (χ4v) is 2.92. The Balaban J connectivity index is 1.90. The summed E-state index contributed by atoms with van der Waals surface area (Å²) >= 11 is 0. The smallest absolute Gasteiger partial charge is 0.253 e. The van der Waals surface area contributed by atoms with Crippen molar-refractivity contribution in [3.05, 3.63) is 36.0 Å². The van der Waals surface area contributed by atoms with Crippen LogP contribution in [0.15, 0.2) is 30.5 Å². The van der Waals surface area contributed by atoms with Gasteiger partial charge in [-0.05, 0) is 18.9 Å². The maximum atomic E-state index is 12.6. The molecule has 5 heteroatoms. The molecule has 1 amide bonds. The van der Waals surface area contributed by atoms with Gasteiger partial charge in [-0.1, -0.05) is 18.2 Å². The van der Waals surface area contributed by atoms with E-state index in [4.69, 9.17) is 4.74 Å². The molecule has 1 saturated heterocycles. The predicted molar refractivity (Wildman–Crippen MR) is 80.3 cm³/mol. The highest BCUT2D eigenvalue weighted by molar-refractivity contribution is 6.07. The van der Waals surface area contributed by atoms with Gasteiger partial charge in [0, 0.05) is 37.4 Å². The third-order valence-electron chi connectivity index (χ3n) is 4.27. The quantitative estimate of drug-likeness (QED) is 0.898. The lowest BCUT2D eigenvalue weighted by molar-refractivity contribution is 0.0126. The number of nitrogens with zero attached hydrogens (tertiary/aromatic N) is 1.